The van der Waals surface area contributed by atoms with Gasteiger partial charge in [-0.3, -0.25) is 4.79 Å². The molecule has 0 saturated carbocycles. The van der Waals surface area contributed by atoms with Gasteiger partial charge in [0.1, 0.15) is 17.1 Å². The van der Waals surface area contributed by atoms with Crippen molar-refractivity contribution in [3.63, 3.8) is 0 Å². The number of hydrogen-bond acceptors (Lipinski definition) is 4. The SMILES string of the molecule is COc1ccc(-c2sc3cc(OC)ccc3c2C(=O)c2c(F)c(F)c(F)c(F)c2F)cc1. The van der Waals surface area contributed by atoms with Crippen molar-refractivity contribution in [3.8, 4) is 21.9 Å². The van der Waals surface area contributed by atoms with E-state index in [0.29, 0.717) is 26.6 Å². The molecule has 0 unspecified atom stereocenters. The van der Waals surface area contributed by atoms with Crippen LogP contribution in [-0.2, 0) is 0 Å². The monoisotopic (exact) mass is 464 g/mol. The molecule has 0 saturated heterocycles. The number of carbonyl (C=O) groups is 1. The minimum atomic E-state index is -2.33. The highest BCUT2D eigenvalue weighted by Gasteiger charge is 2.33. The van der Waals surface area contributed by atoms with Gasteiger partial charge in [0, 0.05) is 20.5 Å². The minimum Gasteiger partial charge on any atom is -0.497 e. The quantitative estimate of drug-likeness (QED) is 0.146. The fraction of sp³-hybridized carbons (Fsp3) is 0.0870. The number of fused-ring (bicyclic) bond motifs is 1. The molecule has 9 heteroatoms. The molecule has 164 valence electrons. The largest absolute Gasteiger partial charge is 0.497 e. The highest BCUT2D eigenvalue weighted by atomic mass is 32.1. The van der Waals surface area contributed by atoms with Crippen molar-refractivity contribution in [2.75, 3.05) is 14.2 Å². The van der Waals surface area contributed by atoms with Crippen LogP contribution in [0.5, 0.6) is 11.5 Å². The van der Waals surface area contributed by atoms with Crippen LogP contribution in [-0.4, -0.2) is 20.0 Å². The average Bonchev–Trinajstić information content (AvgIpc) is 3.20. The normalized spacial score (nSPS) is 11.1. The Balaban J connectivity index is 2.02. The first-order valence-electron chi connectivity index (χ1n) is 9.09. The maximum Gasteiger partial charge on any atom is 0.201 e. The molecule has 1 aromatic heterocycles. The van der Waals surface area contributed by atoms with Crippen molar-refractivity contribution < 1.29 is 36.2 Å². The topological polar surface area (TPSA) is 35.5 Å². The zero-order chi connectivity index (χ0) is 23.2. The third kappa shape index (κ3) is 3.38. The van der Waals surface area contributed by atoms with Gasteiger partial charge in [-0.1, -0.05) is 0 Å². The fourth-order valence-corrected chi connectivity index (χ4v) is 4.54. The molecule has 32 heavy (non-hydrogen) atoms. The predicted octanol–water partition coefficient (Wildman–Crippen LogP) is 6.51. The van der Waals surface area contributed by atoms with E-state index in [4.69, 9.17) is 9.47 Å². The number of ketones is 1. The van der Waals surface area contributed by atoms with Gasteiger partial charge in [0.15, 0.2) is 23.3 Å². The number of carbonyl (C=O) groups excluding carboxylic acids is 1. The molecule has 1 heterocycles. The Morgan fingerprint density at radius 2 is 1.25 bits per heavy atom. The number of ether oxygens (including phenoxy) is 2. The van der Waals surface area contributed by atoms with Gasteiger partial charge in [-0.15, -0.1) is 11.3 Å². The average molecular weight is 464 g/mol. The molecular weight excluding hydrogens is 451 g/mol. The van der Waals surface area contributed by atoms with Gasteiger partial charge in [0.2, 0.25) is 11.6 Å². The van der Waals surface area contributed by atoms with Gasteiger partial charge in [-0.25, -0.2) is 22.0 Å². The van der Waals surface area contributed by atoms with E-state index in [1.165, 1.54) is 26.4 Å². The third-order valence-electron chi connectivity index (χ3n) is 4.91. The van der Waals surface area contributed by atoms with Gasteiger partial charge in [0.25, 0.3) is 0 Å². The molecule has 0 aliphatic heterocycles. The summed E-state index contributed by atoms with van der Waals surface area (Å²) in [6.45, 7) is 0. The molecule has 0 atom stereocenters. The van der Waals surface area contributed by atoms with E-state index in [1.54, 1.807) is 30.3 Å². The standard InChI is InChI=1S/C23H13F5O3S/c1-30-11-5-3-10(4-6-11)23-15(13-8-7-12(31-2)9-14(13)32-23)22(29)16-17(24)19(26)21(28)20(27)18(16)25/h3-9H,1-2H3. The molecule has 0 fully saturated rings. The number of thiophene rings is 1. The van der Waals surface area contributed by atoms with Crippen LogP contribution in [0.1, 0.15) is 15.9 Å². The van der Waals surface area contributed by atoms with Crippen molar-refractivity contribution >= 4 is 27.2 Å². The van der Waals surface area contributed by atoms with E-state index >= 15 is 0 Å². The predicted molar refractivity (Wildman–Crippen MR) is 110 cm³/mol. The molecule has 0 aliphatic rings. The first-order valence-corrected chi connectivity index (χ1v) is 9.91. The van der Waals surface area contributed by atoms with E-state index in [1.807, 2.05) is 0 Å². The van der Waals surface area contributed by atoms with Crippen molar-refractivity contribution in [1.82, 2.24) is 0 Å². The first-order chi connectivity index (χ1) is 15.3. The van der Waals surface area contributed by atoms with Crippen LogP contribution >= 0.6 is 11.3 Å². The summed E-state index contributed by atoms with van der Waals surface area (Å²) >= 11 is 1.12. The molecule has 0 aliphatic carbocycles. The van der Waals surface area contributed by atoms with Crippen LogP contribution in [0.3, 0.4) is 0 Å². The Morgan fingerprint density at radius 1 is 0.719 bits per heavy atom. The summed E-state index contributed by atoms with van der Waals surface area (Å²) in [5, 5.41) is 0.288. The molecule has 3 aromatic carbocycles. The van der Waals surface area contributed by atoms with Crippen LogP contribution in [0, 0.1) is 29.1 Å². The second kappa shape index (κ2) is 8.23. The number of halogens is 5. The molecule has 0 amide bonds. The summed E-state index contributed by atoms with van der Waals surface area (Å²) in [7, 11) is 2.92. The zero-order valence-electron chi connectivity index (χ0n) is 16.6. The fourth-order valence-electron chi connectivity index (χ4n) is 3.30. The summed E-state index contributed by atoms with van der Waals surface area (Å²) in [6.07, 6.45) is 0. The van der Waals surface area contributed by atoms with E-state index < -0.39 is 40.4 Å². The van der Waals surface area contributed by atoms with Crippen molar-refractivity contribution in [3.05, 3.63) is 82.7 Å². The number of rotatable bonds is 5. The molecular formula is C23H13F5O3S. The van der Waals surface area contributed by atoms with E-state index in [0.717, 1.165) is 11.3 Å². The summed E-state index contributed by atoms with van der Waals surface area (Å²) in [4.78, 5) is 13.6. The second-order valence-electron chi connectivity index (χ2n) is 6.67. The molecule has 4 aromatic rings. The molecule has 3 nitrogen and oxygen atoms in total. The number of benzene rings is 3. The lowest BCUT2D eigenvalue weighted by Gasteiger charge is -2.09. The molecule has 0 N–H and O–H groups in total. The lowest BCUT2D eigenvalue weighted by Crippen LogP contribution is -2.14. The van der Waals surface area contributed by atoms with Gasteiger partial charge in [-0.2, -0.15) is 0 Å². The molecule has 0 spiro atoms. The van der Waals surface area contributed by atoms with Gasteiger partial charge in [-0.05, 0) is 48.0 Å². The van der Waals surface area contributed by atoms with Crippen LogP contribution in [0.4, 0.5) is 22.0 Å². The Hall–Kier alpha value is -3.46. The summed E-state index contributed by atoms with van der Waals surface area (Å²) in [6, 6.07) is 11.1. The Bertz CT molecular complexity index is 1330. The lowest BCUT2D eigenvalue weighted by atomic mass is 9.96. The molecule has 4 rings (SSSR count). The molecule has 0 bridgehead atoms. The van der Waals surface area contributed by atoms with Crippen molar-refractivity contribution in [2.24, 2.45) is 0 Å². The van der Waals surface area contributed by atoms with Gasteiger partial charge >= 0.3 is 0 Å². The van der Waals surface area contributed by atoms with Crippen molar-refractivity contribution in [2.45, 2.75) is 0 Å². The number of hydrogen-bond donors (Lipinski definition) is 0. The Kier molecular flexibility index (Phi) is 5.60. The highest BCUT2D eigenvalue weighted by molar-refractivity contribution is 7.22. The van der Waals surface area contributed by atoms with E-state index in [9.17, 15) is 26.7 Å². The Labute approximate surface area is 182 Å². The summed E-state index contributed by atoms with van der Waals surface area (Å²) in [5.74, 6) is -11.4. The van der Waals surface area contributed by atoms with Gasteiger partial charge < -0.3 is 9.47 Å². The maximum absolute atomic E-state index is 14.4. The van der Waals surface area contributed by atoms with Gasteiger partial charge in [0.05, 0.1) is 14.2 Å². The van der Waals surface area contributed by atoms with Crippen LogP contribution in [0.25, 0.3) is 20.5 Å². The third-order valence-corrected chi connectivity index (χ3v) is 6.11. The Morgan fingerprint density at radius 3 is 1.81 bits per heavy atom. The first kappa shape index (κ1) is 21.8. The smallest absolute Gasteiger partial charge is 0.201 e. The van der Waals surface area contributed by atoms with E-state index in [-0.39, 0.29) is 10.9 Å². The highest BCUT2D eigenvalue weighted by Crippen LogP contribution is 2.42. The van der Waals surface area contributed by atoms with Crippen molar-refractivity contribution in [1.29, 1.82) is 0 Å². The summed E-state index contributed by atoms with van der Waals surface area (Å²) < 4.78 is 80.7. The lowest BCUT2D eigenvalue weighted by molar-refractivity contribution is 0.103. The minimum absolute atomic E-state index is 0.180. The van der Waals surface area contributed by atoms with Crippen LogP contribution in [0.15, 0.2) is 42.5 Å². The van der Waals surface area contributed by atoms with E-state index in [2.05, 4.69) is 0 Å². The summed E-state index contributed by atoms with van der Waals surface area (Å²) in [5.41, 5.74) is -1.19. The second-order valence-corrected chi connectivity index (χ2v) is 7.72. The van der Waals surface area contributed by atoms with Crippen LogP contribution in [0.2, 0.25) is 0 Å². The molecule has 0 radical (unpaired) electrons. The maximum atomic E-state index is 14.4. The number of methoxy groups -OCH3 is 2. The zero-order valence-corrected chi connectivity index (χ0v) is 17.4. The van der Waals surface area contributed by atoms with Crippen LogP contribution < -0.4 is 9.47 Å².